The molecule has 0 aromatic carbocycles. The van der Waals surface area contributed by atoms with Gasteiger partial charge in [-0.1, -0.05) is 0 Å². The van der Waals surface area contributed by atoms with Crippen LogP contribution in [0.5, 0.6) is 0 Å². The molecular formula is C13H19N3O3. The van der Waals surface area contributed by atoms with Gasteiger partial charge in [0.15, 0.2) is 0 Å². The standard InChI is InChI=1S/C13H19N3O3/c1-3-16-8-10(4-5-11(16)17)15-13(18)12-9(2)19-7-6-14-12/h4-5,8-9,12,14H,3,6-7H2,1-2H3,(H,15,18)/t9-,12+/m1/s1. The number of carbonyl (C=O) groups excluding carboxylic acids is 1. The third-order valence-corrected chi connectivity index (χ3v) is 3.19. The molecule has 6 nitrogen and oxygen atoms in total. The number of ether oxygens (including phenoxy) is 1. The Labute approximate surface area is 111 Å². The van der Waals surface area contributed by atoms with Crippen LogP contribution in [0, 0.1) is 0 Å². The number of morpholine rings is 1. The van der Waals surface area contributed by atoms with Gasteiger partial charge in [0.05, 0.1) is 18.4 Å². The lowest BCUT2D eigenvalue weighted by Gasteiger charge is -2.29. The lowest BCUT2D eigenvalue weighted by Crippen LogP contribution is -2.53. The van der Waals surface area contributed by atoms with Crippen LogP contribution in [0.4, 0.5) is 5.69 Å². The number of nitrogens with one attached hydrogen (secondary N) is 2. The molecule has 6 heteroatoms. The number of anilines is 1. The van der Waals surface area contributed by atoms with Crippen molar-refractivity contribution >= 4 is 11.6 Å². The smallest absolute Gasteiger partial charge is 0.250 e. The summed E-state index contributed by atoms with van der Waals surface area (Å²) in [6.45, 7) is 5.60. The fourth-order valence-corrected chi connectivity index (χ4v) is 2.10. The molecule has 0 radical (unpaired) electrons. The number of nitrogens with zero attached hydrogens (tertiary/aromatic N) is 1. The van der Waals surface area contributed by atoms with Crippen LogP contribution in [0.2, 0.25) is 0 Å². The molecule has 0 bridgehead atoms. The molecule has 0 spiro atoms. The zero-order valence-corrected chi connectivity index (χ0v) is 11.2. The first-order chi connectivity index (χ1) is 9.11. The minimum absolute atomic E-state index is 0.0759. The molecule has 0 aliphatic carbocycles. The van der Waals surface area contributed by atoms with E-state index in [4.69, 9.17) is 4.74 Å². The summed E-state index contributed by atoms with van der Waals surface area (Å²) >= 11 is 0. The Morgan fingerprint density at radius 2 is 2.37 bits per heavy atom. The molecule has 1 aliphatic rings. The monoisotopic (exact) mass is 265 g/mol. The zero-order chi connectivity index (χ0) is 13.8. The van der Waals surface area contributed by atoms with Gasteiger partial charge in [-0.05, 0) is 19.9 Å². The maximum absolute atomic E-state index is 12.1. The van der Waals surface area contributed by atoms with Crippen molar-refractivity contribution in [3.8, 4) is 0 Å². The Hall–Kier alpha value is -1.66. The maximum Gasteiger partial charge on any atom is 0.250 e. The van der Waals surface area contributed by atoms with Gasteiger partial charge in [-0.3, -0.25) is 9.59 Å². The number of rotatable bonds is 3. The number of carbonyl (C=O) groups is 1. The molecule has 1 amide bonds. The lowest BCUT2D eigenvalue weighted by molar-refractivity contribution is -0.123. The quantitative estimate of drug-likeness (QED) is 0.818. The number of pyridine rings is 1. The molecule has 0 unspecified atom stereocenters. The first kappa shape index (κ1) is 13.8. The summed E-state index contributed by atoms with van der Waals surface area (Å²) in [7, 11) is 0. The highest BCUT2D eigenvalue weighted by Gasteiger charge is 2.28. The van der Waals surface area contributed by atoms with E-state index in [0.29, 0.717) is 25.4 Å². The Morgan fingerprint density at radius 3 is 3.05 bits per heavy atom. The van der Waals surface area contributed by atoms with Crippen LogP contribution in [-0.2, 0) is 16.1 Å². The second-order valence-corrected chi connectivity index (χ2v) is 4.54. The van der Waals surface area contributed by atoms with E-state index in [1.54, 1.807) is 16.8 Å². The van der Waals surface area contributed by atoms with E-state index < -0.39 is 0 Å². The van der Waals surface area contributed by atoms with Crippen LogP contribution in [0.1, 0.15) is 13.8 Å². The molecular weight excluding hydrogens is 246 g/mol. The van der Waals surface area contributed by atoms with Crippen LogP contribution in [-0.4, -0.2) is 35.8 Å². The van der Waals surface area contributed by atoms with Gasteiger partial charge in [-0.25, -0.2) is 0 Å². The lowest BCUT2D eigenvalue weighted by atomic mass is 10.1. The van der Waals surface area contributed by atoms with Gasteiger partial charge in [0.2, 0.25) is 5.91 Å². The molecule has 0 saturated carbocycles. The highest BCUT2D eigenvalue weighted by molar-refractivity contribution is 5.95. The summed E-state index contributed by atoms with van der Waals surface area (Å²) in [5, 5.41) is 5.93. The van der Waals surface area contributed by atoms with Crippen molar-refractivity contribution in [1.82, 2.24) is 9.88 Å². The Balaban J connectivity index is 2.08. The Morgan fingerprint density at radius 1 is 1.58 bits per heavy atom. The highest BCUT2D eigenvalue weighted by atomic mass is 16.5. The largest absolute Gasteiger partial charge is 0.375 e. The average Bonchev–Trinajstić information content (AvgIpc) is 2.41. The number of hydrogen-bond donors (Lipinski definition) is 2. The topological polar surface area (TPSA) is 72.4 Å². The minimum Gasteiger partial charge on any atom is -0.375 e. The van der Waals surface area contributed by atoms with Crippen molar-refractivity contribution in [1.29, 1.82) is 0 Å². The van der Waals surface area contributed by atoms with Crippen LogP contribution in [0.3, 0.4) is 0 Å². The van der Waals surface area contributed by atoms with Crippen molar-refractivity contribution in [2.45, 2.75) is 32.5 Å². The first-order valence-corrected chi connectivity index (χ1v) is 6.48. The summed E-state index contributed by atoms with van der Waals surface area (Å²) in [6.07, 6.45) is 1.49. The van der Waals surface area contributed by atoms with Crippen LogP contribution < -0.4 is 16.2 Å². The number of aromatic nitrogens is 1. The number of hydrogen-bond acceptors (Lipinski definition) is 4. The fraction of sp³-hybridized carbons (Fsp3) is 0.538. The second kappa shape index (κ2) is 5.99. The Bertz CT molecular complexity index is 512. The van der Waals surface area contributed by atoms with Crippen molar-refractivity contribution in [2.75, 3.05) is 18.5 Å². The molecule has 2 atom stereocenters. The second-order valence-electron chi connectivity index (χ2n) is 4.54. The van der Waals surface area contributed by atoms with Gasteiger partial charge < -0.3 is 19.9 Å². The highest BCUT2D eigenvalue weighted by Crippen LogP contribution is 2.09. The van der Waals surface area contributed by atoms with Gasteiger partial charge in [0.1, 0.15) is 6.04 Å². The van der Waals surface area contributed by atoms with E-state index >= 15 is 0 Å². The van der Waals surface area contributed by atoms with Gasteiger partial charge in [-0.15, -0.1) is 0 Å². The number of aryl methyl sites for hydroxylation is 1. The third kappa shape index (κ3) is 3.21. The normalized spacial score (nSPS) is 23.1. The Kier molecular flexibility index (Phi) is 4.34. The van der Waals surface area contributed by atoms with Gasteiger partial charge in [0.25, 0.3) is 5.56 Å². The van der Waals surface area contributed by atoms with E-state index in [0.717, 1.165) is 0 Å². The fourth-order valence-electron chi connectivity index (χ4n) is 2.10. The van der Waals surface area contributed by atoms with E-state index in [-0.39, 0.29) is 23.6 Å². The molecule has 2 N–H and O–H groups in total. The van der Waals surface area contributed by atoms with Crippen molar-refractivity contribution in [2.24, 2.45) is 0 Å². The zero-order valence-electron chi connectivity index (χ0n) is 11.2. The maximum atomic E-state index is 12.1. The van der Waals surface area contributed by atoms with Crippen LogP contribution >= 0.6 is 0 Å². The van der Waals surface area contributed by atoms with E-state index in [9.17, 15) is 9.59 Å². The van der Waals surface area contributed by atoms with Crippen molar-refractivity contribution in [3.63, 3.8) is 0 Å². The van der Waals surface area contributed by atoms with Crippen molar-refractivity contribution < 1.29 is 9.53 Å². The van der Waals surface area contributed by atoms with E-state index in [1.165, 1.54) is 6.07 Å². The summed E-state index contributed by atoms with van der Waals surface area (Å²) in [5.74, 6) is -0.145. The van der Waals surface area contributed by atoms with Gasteiger partial charge in [0, 0.05) is 25.4 Å². The summed E-state index contributed by atoms with van der Waals surface area (Å²) < 4.78 is 6.98. The summed E-state index contributed by atoms with van der Waals surface area (Å²) in [4.78, 5) is 23.6. The van der Waals surface area contributed by atoms with E-state index in [1.807, 2.05) is 13.8 Å². The minimum atomic E-state index is -0.365. The molecule has 19 heavy (non-hydrogen) atoms. The molecule has 1 fully saturated rings. The predicted octanol–water partition coefficient (Wildman–Crippen LogP) is 0.184. The summed E-state index contributed by atoms with van der Waals surface area (Å²) in [6, 6.07) is 2.70. The summed E-state index contributed by atoms with van der Waals surface area (Å²) in [5.41, 5.74) is 0.541. The molecule has 2 rings (SSSR count). The predicted molar refractivity (Wildman–Crippen MR) is 72.2 cm³/mol. The van der Waals surface area contributed by atoms with Crippen LogP contribution in [0.25, 0.3) is 0 Å². The van der Waals surface area contributed by atoms with Gasteiger partial charge >= 0.3 is 0 Å². The molecule has 1 saturated heterocycles. The first-order valence-electron chi connectivity index (χ1n) is 6.48. The molecule has 1 aromatic rings. The average molecular weight is 265 g/mol. The molecule has 1 aliphatic heterocycles. The molecule has 2 heterocycles. The third-order valence-electron chi connectivity index (χ3n) is 3.19. The van der Waals surface area contributed by atoms with Crippen molar-refractivity contribution in [3.05, 3.63) is 28.7 Å². The SMILES string of the molecule is CCn1cc(NC(=O)[C@H]2NCCO[C@@H]2C)ccc1=O. The molecule has 1 aromatic heterocycles. The van der Waals surface area contributed by atoms with Gasteiger partial charge in [-0.2, -0.15) is 0 Å². The van der Waals surface area contributed by atoms with Crippen LogP contribution in [0.15, 0.2) is 23.1 Å². The number of amides is 1. The van der Waals surface area contributed by atoms with E-state index in [2.05, 4.69) is 10.6 Å². The molecule has 104 valence electrons.